The summed E-state index contributed by atoms with van der Waals surface area (Å²) in [7, 11) is 0. The molecule has 4 aliphatic carbocycles. The summed E-state index contributed by atoms with van der Waals surface area (Å²) < 4.78 is 0. The molecular weight excluding hydrogens is 352 g/mol. The molecule has 2 bridgehead atoms. The second-order valence-electron chi connectivity index (χ2n) is 7.80. The molecule has 26 heavy (non-hydrogen) atoms. The van der Waals surface area contributed by atoms with Gasteiger partial charge in [0.15, 0.2) is 0 Å². The number of nitrogens with zero attached hydrogens (tertiary/aromatic N) is 2. The molecule has 6 atom stereocenters. The van der Waals surface area contributed by atoms with Gasteiger partial charge in [0.2, 0.25) is 17.7 Å². The SMILES string of the molecule is CC(=O)N(CN1C(=O)[C@H]2[C@@H]3C=C[C@H]([C@H]4C[C@H]34)[C@@H]2C1=O)c1ccccc1Cl. The summed E-state index contributed by atoms with van der Waals surface area (Å²) in [6.45, 7) is 1.35. The van der Waals surface area contributed by atoms with Gasteiger partial charge in [0, 0.05) is 6.92 Å². The molecule has 134 valence electrons. The molecule has 1 aromatic carbocycles. The third-order valence-corrected chi connectivity index (χ3v) is 6.88. The van der Waals surface area contributed by atoms with Crippen LogP contribution in [-0.2, 0) is 14.4 Å². The number of halogens is 1. The quantitative estimate of drug-likeness (QED) is 0.607. The van der Waals surface area contributed by atoms with Crippen molar-refractivity contribution < 1.29 is 14.4 Å². The topological polar surface area (TPSA) is 57.7 Å². The maximum absolute atomic E-state index is 13.1. The molecule has 1 aliphatic heterocycles. The zero-order valence-corrected chi connectivity index (χ0v) is 15.1. The molecule has 5 nitrogen and oxygen atoms in total. The van der Waals surface area contributed by atoms with Gasteiger partial charge < -0.3 is 0 Å². The standard InChI is InChI=1S/C20H19ClN2O3/c1-10(24)22(16-5-3-2-4-15(16)21)9-23-19(25)17-11-6-7-12(14-8-13(11)14)18(17)20(23)26/h2-7,11-14,17-18H,8-9H2,1H3/t11-,12-,13-,14-,17+,18+/m1/s1. The maximum Gasteiger partial charge on any atom is 0.235 e. The first kappa shape index (κ1) is 16.1. The molecule has 2 saturated carbocycles. The molecule has 0 aromatic heterocycles. The maximum atomic E-state index is 13.1. The minimum Gasteiger partial charge on any atom is -0.292 e. The highest BCUT2D eigenvalue weighted by Crippen LogP contribution is 2.65. The van der Waals surface area contributed by atoms with Gasteiger partial charge in [0.1, 0.15) is 6.67 Å². The molecule has 6 heteroatoms. The molecule has 1 aromatic rings. The lowest BCUT2D eigenvalue weighted by Crippen LogP contribution is -2.44. The van der Waals surface area contributed by atoms with Crippen LogP contribution in [0.15, 0.2) is 36.4 Å². The van der Waals surface area contributed by atoms with Gasteiger partial charge in [-0.25, -0.2) is 0 Å². The molecule has 0 unspecified atom stereocenters. The Morgan fingerprint density at radius 2 is 1.69 bits per heavy atom. The smallest absolute Gasteiger partial charge is 0.235 e. The Labute approximate surface area is 156 Å². The van der Waals surface area contributed by atoms with E-state index in [1.54, 1.807) is 24.3 Å². The number of amides is 3. The first-order valence-corrected chi connectivity index (χ1v) is 9.43. The molecule has 0 N–H and O–H groups in total. The average Bonchev–Trinajstić information content (AvgIpc) is 3.40. The Morgan fingerprint density at radius 3 is 2.23 bits per heavy atom. The number of benzene rings is 1. The number of carbonyl (C=O) groups is 3. The van der Waals surface area contributed by atoms with E-state index in [4.69, 9.17) is 11.6 Å². The van der Waals surface area contributed by atoms with Crippen LogP contribution >= 0.6 is 11.6 Å². The number of imide groups is 1. The summed E-state index contributed by atoms with van der Waals surface area (Å²) in [6, 6.07) is 6.98. The Balaban J connectivity index is 1.46. The van der Waals surface area contributed by atoms with Gasteiger partial charge in [-0.15, -0.1) is 0 Å². The van der Waals surface area contributed by atoms with Gasteiger partial charge in [-0.05, 0) is 42.2 Å². The molecule has 1 heterocycles. The highest BCUT2D eigenvalue weighted by Gasteiger charge is 2.67. The molecule has 1 saturated heterocycles. The van der Waals surface area contributed by atoms with Crippen molar-refractivity contribution in [2.75, 3.05) is 11.6 Å². The zero-order chi connectivity index (χ0) is 18.2. The number of hydrogen-bond acceptors (Lipinski definition) is 3. The van der Waals surface area contributed by atoms with Crippen molar-refractivity contribution in [3.63, 3.8) is 0 Å². The van der Waals surface area contributed by atoms with Gasteiger partial charge >= 0.3 is 0 Å². The van der Waals surface area contributed by atoms with Crippen LogP contribution in [0.25, 0.3) is 0 Å². The second-order valence-corrected chi connectivity index (χ2v) is 8.21. The van der Waals surface area contributed by atoms with Gasteiger partial charge in [0.05, 0.1) is 22.5 Å². The summed E-state index contributed by atoms with van der Waals surface area (Å²) in [5.74, 6) is 0.474. The predicted molar refractivity (Wildman–Crippen MR) is 96.0 cm³/mol. The van der Waals surface area contributed by atoms with Crippen LogP contribution in [0, 0.1) is 35.5 Å². The number of anilines is 1. The van der Waals surface area contributed by atoms with E-state index in [-0.39, 0.29) is 48.1 Å². The fourth-order valence-corrected chi connectivity index (χ4v) is 5.55. The number of para-hydroxylation sites is 1. The Morgan fingerprint density at radius 1 is 1.12 bits per heavy atom. The fourth-order valence-electron chi connectivity index (χ4n) is 5.32. The van der Waals surface area contributed by atoms with Crippen molar-refractivity contribution in [2.24, 2.45) is 35.5 Å². The van der Waals surface area contributed by atoms with Gasteiger partial charge in [0.25, 0.3) is 0 Å². The fraction of sp³-hybridized carbons (Fsp3) is 0.450. The molecule has 3 amide bonds. The lowest BCUT2D eigenvalue weighted by molar-refractivity contribution is -0.140. The van der Waals surface area contributed by atoms with Gasteiger partial charge in [-0.2, -0.15) is 0 Å². The number of rotatable bonds is 3. The highest BCUT2D eigenvalue weighted by molar-refractivity contribution is 6.33. The number of carbonyl (C=O) groups excluding carboxylic acids is 3. The monoisotopic (exact) mass is 370 g/mol. The largest absolute Gasteiger partial charge is 0.292 e. The van der Waals surface area contributed by atoms with E-state index in [2.05, 4.69) is 12.2 Å². The van der Waals surface area contributed by atoms with E-state index in [0.717, 1.165) is 6.42 Å². The summed E-state index contributed by atoms with van der Waals surface area (Å²) in [4.78, 5) is 41.1. The van der Waals surface area contributed by atoms with Crippen molar-refractivity contribution in [1.29, 1.82) is 0 Å². The van der Waals surface area contributed by atoms with Crippen LogP contribution in [0.4, 0.5) is 5.69 Å². The van der Waals surface area contributed by atoms with Gasteiger partial charge in [-0.1, -0.05) is 35.9 Å². The van der Waals surface area contributed by atoms with E-state index in [0.29, 0.717) is 22.5 Å². The molecule has 3 fully saturated rings. The number of likely N-dealkylation sites (tertiary alicyclic amines) is 1. The van der Waals surface area contributed by atoms with Crippen LogP contribution in [-0.4, -0.2) is 29.3 Å². The van der Waals surface area contributed by atoms with E-state index >= 15 is 0 Å². The van der Waals surface area contributed by atoms with Crippen LogP contribution in [0.2, 0.25) is 5.02 Å². The van der Waals surface area contributed by atoms with Crippen LogP contribution in [0.3, 0.4) is 0 Å². The normalized spacial score (nSPS) is 36.2. The lowest BCUT2D eigenvalue weighted by atomic mass is 9.63. The summed E-state index contributed by atoms with van der Waals surface area (Å²) in [6.07, 6.45) is 5.42. The zero-order valence-electron chi connectivity index (χ0n) is 14.3. The van der Waals surface area contributed by atoms with Crippen molar-refractivity contribution in [1.82, 2.24) is 4.90 Å². The Kier molecular flexibility index (Phi) is 3.35. The average molecular weight is 371 g/mol. The third kappa shape index (κ3) is 2.07. The van der Waals surface area contributed by atoms with E-state index in [1.807, 2.05) is 0 Å². The van der Waals surface area contributed by atoms with Crippen LogP contribution in [0.5, 0.6) is 0 Å². The molecule has 5 aliphatic rings. The summed E-state index contributed by atoms with van der Waals surface area (Å²) in [5.41, 5.74) is 0.515. The molecule has 6 rings (SSSR count). The van der Waals surface area contributed by atoms with Gasteiger partial charge in [-0.3, -0.25) is 24.2 Å². The minimum atomic E-state index is -0.252. The van der Waals surface area contributed by atoms with Crippen LogP contribution < -0.4 is 4.90 Å². The van der Waals surface area contributed by atoms with Crippen LogP contribution in [0.1, 0.15) is 13.3 Å². The summed E-state index contributed by atoms with van der Waals surface area (Å²) >= 11 is 6.23. The Bertz CT molecular complexity index is 830. The first-order valence-electron chi connectivity index (χ1n) is 9.05. The van der Waals surface area contributed by atoms with E-state index < -0.39 is 0 Å². The minimum absolute atomic E-state index is 0.0709. The lowest BCUT2D eigenvalue weighted by Gasteiger charge is -2.37. The number of allylic oxidation sites excluding steroid dienone is 2. The Hall–Kier alpha value is -2.14. The van der Waals surface area contributed by atoms with E-state index in [1.165, 1.54) is 16.7 Å². The predicted octanol–water partition coefficient (Wildman–Crippen LogP) is 2.70. The first-order chi connectivity index (χ1) is 12.5. The van der Waals surface area contributed by atoms with E-state index in [9.17, 15) is 14.4 Å². The summed E-state index contributed by atoms with van der Waals surface area (Å²) in [5, 5.41) is 0.419. The highest BCUT2D eigenvalue weighted by atomic mass is 35.5. The molecule has 0 spiro atoms. The van der Waals surface area contributed by atoms with Crippen molar-refractivity contribution in [2.45, 2.75) is 13.3 Å². The molecular formula is C20H19ClN2O3. The van der Waals surface area contributed by atoms with Crippen molar-refractivity contribution in [3.8, 4) is 0 Å². The molecule has 0 radical (unpaired) electrons. The second kappa shape index (κ2) is 5.43. The number of hydrogen-bond donors (Lipinski definition) is 0. The third-order valence-electron chi connectivity index (χ3n) is 6.56. The van der Waals surface area contributed by atoms with Crippen molar-refractivity contribution in [3.05, 3.63) is 41.4 Å². The van der Waals surface area contributed by atoms with Crippen molar-refractivity contribution >= 4 is 35.0 Å².